The first kappa shape index (κ1) is 22.0. The third kappa shape index (κ3) is 9.27. The molecule has 6 nitrogen and oxygen atoms in total. The van der Waals surface area contributed by atoms with Crippen LogP contribution in [0.4, 0.5) is 0 Å². The fraction of sp³-hybridized carbons (Fsp3) is 0.611. The second-order valence-corrected chi connectivity index (χ2v) is 5.85. The number of nitrogens with zero attached hydrogens (tertiary/aromatic N) is 1. The Morgan fingerprint density at radius 3 is 2.80 bits per heavy atom. The standard InChI is InChI=1S/C18H29N3O3.HI/c1-2-19-18(21-13-15-6-8-16(22)9-7-15)20-10-4-11-23-14-17-5-3-12-24-17;/h6-9,17,22H,2-5,10-14H2,1H3,(H2,19,20,21);1H. The van der Waals surface area contributed by atoms with Crippen LogP contribution in [0.2, 0.25) is 0 Å². The number of ether oxygens (including phenoxy) is 2. The summed E-state index contributed by atoms with van der Waals surface area (Å²) in [6.07, 6.45) is 3.49. The van der Waals surface area contributed by atoms with Crippen molar-refractivity contribution in [2.45, 2.75) is 38.8 Å². The smallest absolute Gasteiger partial charge is 0.191 e. The lowest BCUT2D eigenvalue weighted by molar-refractivity contribution is 0.0168. The van der Waals surface area contributed by atoms with E-state index in [0.717, 1.165) is 57.1 Å². The Morgan fingerprint density at radius 1 is 1.32 bits per heavy atom. The molecule has 0 bridgehead atoms. The molecule has 25 heavy (non-hydrogen) atoms. The van der Waals surface area contributed by atoms with Gasteiger partial charge < -0.3 is 25.2 Å². The lowest BCUT2D eigenvalue weighted by Gasteiger charge is -2.12. The summed E-state index contributed by atoms with van der Waals surface area (Å²) < 4.78 is 11.2. The Balaban J connectivity index is 0.00000312. The van der Waals surface area contributed by atoms with Gasteiger partial charge in [-0.15, -0.1) is 24.0 Å². The van der Waals surface area contributed by atoms with Crippen molar-refractivity contribution < 1.29 is 14.6 Å². The van der Waals surface area contributed by atoms with Crippen molar-refractivity contribution in [3.8, 4) is 5.75 Å². The first-order chi connectivity index (χ1) is 11.8. The highest BCUT2D eigenvalue weighted by molar-refractivity contribution is 14.0. The van der Waals surface area contributed by atoms with Crippen molar-refractivity contribution in [2.75, 3.05) is 32.9 Å². The summed E-state index contributed by atoms with van der Waals surface area (Å²) in [6, 6.07) is 7.11. The second-order valence-electron chi connectivity index (χ2n) is 5.85. The number of halogens is 1. The molecule has 3 N–H and O–H groups in total. The number of guanidine groups is 1. The third-order valence-electron chi connectivity index (χ3n) is 3.79. The number of aromatic hydroxyl groups is 1. The van der Waals surface area contributed by atoms with E-state index in [1.807, 2.05) is 19.1 Å². The van der Waals surface area contributed by atoms with E-state index in [0.29, 0.717) is 19.3 Å². The summed E-state index contributed by atoms with van der Waals surface area (Å²) in [5, 5.41) is 15.8. The van der Waals surface area contributed by atoms with Crippen molar-refractivity contribution in [3.63, 3.8) is 0 Å². The molecular formula is C18H30IN3O3. The van der Waals surface area contributed by atoms with Gasteiger partial charge in [0.2, 0.25) is 0 Å². The number of phenolic OH excluding ortho intramolecular Hbond substituents is 1. The van der Waals surface area contributed by atoms with Crippen LogP contribution in [0.3, 0.4) is 0 Å². The van der Waals surface area contributed by atoms with Gasteiger partial charge in [-0.25, -0.2) is 4.99 Å². The first-order valence-corrected chi connectivity index (χ1v) is 8.77. The van der Waals surface area contributed by atoms with Crippen molar-refractivity contribution in [3.05, 3.63) is 29.8 Å². The molecule has 7 heteroatoms. The molecule has 1 aromatic rings. The van der Waals surface area contributed by atoms with E-state index >= 15 is 0 Å². The van der Waals surface area contributed by atoms with Crippen LogP contribution >= 0.6 is 24.0 Å². The van der Waals surface area contributed by atoms with E-state index in [4.69, 9.17) is 9.47 Å². The van der Waals surface area contributed by atoms with Gasteiger partial charge in [-0.1, -0.05) is 12.1 Å². The maximum absolute atomic E-state index is 9.29. The maximum Gasteiger partial charge on any atom is 0.191 e. The summed E-state index contributed by atoms with van der Waals surface area (Å²) in [5.74, 6) is 1.07. The van der Waals surface area contributed by atoms with Crippen molar-refractivity contribution in [1.29, 1.82) is 0 Å². The normalized spacial score (nSPS) is 17.2. The van der Waals surface area contributed by atoms with Crippen LogP contribution in [-0.4, -0.2) is 50.1 Å². The Labute approximate surface area is 167 Å². The van der Waals surface area contributed by atoms with Gasteiger partial charge in [0.05, 0.1) is 19.3 Å². The molecular weight excluding hydrogens is 433 g/mol. The quantitative estimate of drug-likeness (QED) is 0.227. The average molecular weight is 463 g/mol. The molecule has 0 aliphatic carbocycles. The van der Waals surface area contributed by atoms with Crippen LogP contribution in [0.25, 0.3) is 0 Å². The fourth-order valence-electron chi connectivity index (χ4n) is 2.49. The number of rotatable bonds is 9. The molecule has 142 valence electrons. The average Bonchev–Trinajstić information content (AvgIpc) is 3.10. The zero-order valence-electron chi connectivity index (χ0n) is 14.9. The molecule has 1 atom stereocenters. The fourth-order valence-corrected chi connectivity index (χ4v) is 2.49. The highest BCUT2D eigenvalue weighted by Gasteiger charge is 2.14. The molecule has 1 aliphatic rings. The zero-order valence-corrected chi connectivity index (χ0v) is 17.2. The number of nitrogens with one attached hydrogen (secondary N) is 2. The number of phenols is 1. The molecule has 1 fully saturated rings. The minimum atomic E-state index is 0. The second kappa shape index (κ2) is 13.2. The molecule has 0 radical (unpaired) electrons. The molecule has 1 unspecified atom stereocenters. The van der Waals surface area contributed by atoms with Gasteiger partial charge >= 0.3 is 0 Å². The number of benzene rings is 1. The summed E-state index contributed by atoms with van der Waals surface area (Å²) in [6.45, 7) is 6.55. The summed E-state index contributed by atoms with van der Waals surface area (Å²) in [5.41, 5.74) is 1.06. The minimum absolute atomic E-state index is 0. The molecule has 0 amide bonds. The SMILES string of the molecule is CCNC(=NCc1ccc(O)cc1)NCCCOCC1CCCO1.I. The van der Waals surface area contributed by atoms with E-state index < -0.39 is 0 Å². The molecule has 0 spiro atoms. The largest absolute Gasteiger partial charge is 0.508 e. The number of hydrogen-bond acceptors (Lipinski definition) is 4. The van der Waals surface area contributed by atoms with Crippen molar-refractivity contribution in [1.82, 2.24) is 10.6 Å². The molecule has 1 aliphatic heterocycles. The summed E-state index contributed by atoms with van der Waals surface area (Å²) >= 11 is 0. The van der Waals surface area contributed by atoms with Gasteiger partial charge in [0.15, 0.2) is 5.96 Å². The minimum Gasteiger partial charge on any atom is -0.508 e. The van der Waals surface area contributed by atoms with E-state index in [-0.39, 0.29) is 29.7 Å². The van der Waals surface area contributed by atoms with Gasteiger partial charge in [-0.2, -0.15) is 0 Å². The first-order valence-electron chi connectivity index (χ1n) is 8.77. The monoisotopic (exact) mass is 463 g/mol. The van der Waals surface area contributed by atoms with Gasteiger partial charge in [-0.05, 0) is 43.9 Å². The summed E-state index contributed by atoms with van der Waals surface area (Å²) in [7, 11) is 0. The van der Waals surface area contributed by atoms with Crippen LogP contribution in [0.5, 0.6) is 5.75 Å². The number of aliphatic imine (C=N–C) groups is 1. The number of hydrogen-bond donors (Lipinski definition) is 3. The molecule has 2 rings (SSSR count). The Bertz CT molecular complexity index is 491. The third-order valence-corrected chi connectivity index (χ3v) is 3.79. The van der Waals surface area contributed by atoms with Crippen LogP contribution in [-0.2, 0) is 16.0 Å². The van der Waals surface area contributed by atoms with E-state index in [1.54, 1.807) is 12.1 Å². The van der Waals surface area contributed by atoms with Crippen molar-refractivity contribution in [2.24, 2.45) is 4.99 Å². The lowest BCUT2D eigenvalue weighted by atomic mass is 10.2. The van der Waals surface area contributed by atoms with E-state index in [2.05, 4.69) is 15.6 Å². The molecule has 1 aromatic carbocycles. The van der Waals surface area contributed by atoms with Crippen LogP contribution in [0.15, 0.2) is 29.3 Å². The van der Waals surface area contributed by atoms with Crippen molar-refractivity contribution >= 4 is 29.9 Å². The predicted octanol–water partition coefficient (Wildman–Crippen LogP) is 2.65. The van der Waals surface area contributed by atoms with Gasteiger partial charge in [0.25, 0.3) is 0 Å². The highest BCUT2D eigenvalue weighted by atomic mass is 127. The molecule has 0 saturated carbocycles. The van der Waals surface area contributed by atoms with Crippen LogP contribution in [0, 0.1) is 0 Å². The molecule has 1 heterocycles. The van der Waals surface area contributed by atoms with Gasteiger partial charge in [-0.3, -0.25) is 0 Å². The lowest BCUT2D eigenvalue weighted by Crippen LogP contribution is -2.38. The maximum atomic E-state index is 9.29. The highest BCUT2D eigenvalue weighted by Crippen LogP contribution is 2.12. The summed E-state index contributed by atoms with van der Waals surface area (Å²) in [4.78, 5) is 4.55. The predicted molar refractivity (Wildman–Crippen MR) is 111 cm³/mol. The Hall–Kier alpha value is -1.06. The molecule has 1 saturated heterocycles. The Morgan fingerprint density at radius 2 is 2.12 bits per heavy atom. The Kier molecular flexibility index (Phi) is 11.6. The van der Waals surface area contributed by atoms with Gasteiger partial charge in [0, 0.05) is 26.3 Å². The van der Waals surface area contributed by atoms with Crippen LogP contribution < -0.4 is 10.6 Å². The van der Waals surface area contributed by atoms with Gasteiger partial charge in [0.1, 0.15) is 5.75 Å². The topological polar surface area (TPSA) is 75.1 Å². The van der Waals surface area contributed by atoms with E-state index in [1.165, 1.54) is 0 Å². The zero-order chi connectivity index (χ0) is 17.0. The van der Waals surface area contributed by atoms with Crippen LogP contribution in [0.1, 0.15) is 31.7 Å². The molecule has 0 aromatic heterocycles. The van der Waals surface area contributed by atoms with E-state index in [9.17, 15) is 5.11 Å².